The second kappa shape index (κ2) is 7.92. The van der Waals surface area contributed by atoms with Crippen molar-refractivity contribution in [2.45, 2.75) is 38.8 Å². The number of tetrazole rings is 1. The smallest absolute Gasteiger partial charge is 0.267 e. The van der Waals surface area contributed by atoms with Crippen LogP contribution < -0.4 is 9.47 Å². The molecule has 10 heteroatoms. The minimum Gasteiger partial charge on any atom is -0.485 e. The molecule has 30 heavy (non-hydrogen) atoms. The lowest BCUT2D eigenvalue weighted by Crippen LogP contribution is -2.55. The number of nitrogens with zero attached hydrogens (tertiary/aromatic N) is 6. The van der Waals surface area contributed by atoms with Crippen molar-refractivity contribution in [1.82, 2.24) is 30.0 Å². The molecule has 2 aliphatic heterocycles. The summed E-state index contributed by atoms with van der Waals surface area (Å²) >= 11 is 0. The zero-order valence-electron chi connectivity index (χ0n) is 17.4. The Morgan fingerprint density at radius 2 is 1.73 bits per heavy atom. The Bertz CT molecular complexity index is 929. The van der Waals surface area contributed by atoms with Crippen LogP contribution in [0.15, 0.2) is 24.3 Å². The van der Waals surface area contributed by atoms with Crippen LogP contribution in [0, 0.1) is 0 Å². The first-order chi connectivity index (χ1) is 14.3. The first-order valence-corrected chi connectivity index (χ1v) is 10.0. The van der Waals surface area contributed by atoms with Gasteiger partial charge in [-0.2, -0.15) is 0 Å². The molecule has 1 atom stereocenters. The summed E-state index contributed by atoms with van der Waals surface area (Å²) in [5, 5.41) is 11.7. The molecule has 10 nitrogen and oxygen atoms in total. The lowest BCUT2D eigenvalue weighted by molar-refractivity contribution is -0.146. The van der Waals surface area contributed by atoms with E-state index in [-0.39, 0.29) is 30.4 Å². The maximum atomic E-state index is 12.8. The highest BCUT2D eigenvalue weighted by Crippen LogP contribution is 2.31. The van der Waals surface area contributed by atoms with Gasteiger partial charge in [0.2, 0.25) is 12.0 Å². The van der Waals surface area contributed by atoms with E-state index < -0.39 is 6.10 Å². The predicted octanol–water partition coefficient (Wildman–Crippen LogP) is 0.481. The van der Waals surface area contributed by atoms with Crippen molar-refractivity contribution < 1.29 is 19.1 Å². The van der Waals surface area contributed by atoms with Crippen molar-refractivity contribution in [3.63, 3.8) is 0 Å². The van der Waals surface area contributed by atoms with Gasteiger partial charge in [-0.3, -0.25) is 9.59 Å². The summed E-state index contributed by atoms with van der Waals surface area (Å²) in [7, 11) is 0. The molecule has 2 amide bonds. The number of hydrogen-bond donors (Lipinski definition) is 0. The molecule has 2 aliphatic rings. The van der Waals surface area contributed by atoms with E-state index in [1.165, 1.54) is 0 Å². The Hall–Kier alpha value is -3.17. The third-order valence-corrected chi connectivity index (χ3v) is 5.22. The number of amides is 2. The predicted molar refractivity (Wildman–Crippen MR) is 106 cm³/mol. The molecule has 1 saturated heterocycles. The molecule has 0 aliphatic carbocycles. The molecule has 0 N–H and O–H groups in total. The number of fused-ring (bicyclic) bond motifs is 1. The Balaban J connectivity index is 1.31. The number of hydrogen-bond acceptors (Lipinski definition) is 7. The van der Waals surface area contributed by atoms with Crippen molar-refractivity contribution in [2.75, 3.05) is 32.8 Å². The maximum absolute atomic E-state index is 12.8. The van der Waals surface area contributed by atoms with Gasteiger partial charge in [-0.25, -0.2) is 4.68 Å². The molecular weight excluding hydrogens is 388 g/mol. The lowest BCUT2D eigenvalue weighted by atomic mass is 9.96. The molecule has 2 aromatic rings. The fourth-order valence-electron chi connectivity index (χ4n) is 3.60. The maximum Gasteiger partial charge on any atom is 0.267 e. The van der Waals surface area contributed by atoms with Crippen LogP contribution in [-0.4, -0.2) is 80.7 Å². The number of ether oxygens (including phenoxy) is 2. The van der Waals surface area contributed by atoms with Crippen LogP contribution in [0.4, 0.5) is 0 Å². The molecule has 1 unspecified atom stereocenters. The minimum atomic E-state index is -0.669. The normalized spacial score (nSPS) is 19.0. The first-order valence-electron chi connectivity index (χ1n) is 10.0. The van der Waals surface area contributed by atoms with Crippen LogP contribution in [-0.2, 0) is 21.5 Å². The zero-order valence-corrected chi connectivity index (χ0v) is 17.4. The Morgan fingerprint density at radius 1 is 1.07 bits per heavy atom. The van der Waals surface area contributed by atoms with E-state index in [2.05, 4.69) is 15.5 Å². The zero-order chi connectivity index (χ0) is 21.3. The summed E-state index contributed by atoms with van der Waals surface area (Å²) in [5.74, 6) is 1.71. The molecule has 160 valence electrons. The SMILES string of the molecule is CC(C)(C)c1nnnn1CC(=O)N1CCN(C(=O)C2COc3ccccc3O2)CC1. The van der Waals surface area contributed by atoms with E-state index in [9.17, 15) is 9.59 Å². The largest absolute Gasteiger partial charge is 0.485 e. The summed E-state index contributed by atoms with van der Waals surface area (Å²) in [6.07, 6.45) is -0.669. The van der Waals surface area contributed by atoms with Gasteiger partial charge in [-0.05, 0) is 22.6 Å². The third kappa shape index (κ3) is 4.07. The Morgan fingerprint density at radius 3 is 2.43 bits per heavy atom. The van der Waals surface area contributed by atoms with Crippen LogP contribution in [0.5, 0.6) is 11.5 Å². The quantitative estimate of drug-likeness (QED) is 0.720. The van der Waals surface area contributed by atoms with Gasteiger partial charge in [-0.15, -0.1) is 5.10 Å². The molecular formula is C20H26N6O4. The molecule has 4 rings (SSSR count). The van der Waals surface area contributed by atoms with Crippen LogP contribution in [0.2, 0.25) is 0 Å². The van der Waals surface area contributed by atoms with Crippen molar-refractivity contribution in [2.24, 2.45) is 0 Å². The Labute approximate surface area is 174 Å². The van der Waals surface area contributed by atoms with Crippen molar-refractivity contribution in [3.8, 4) is 11.5 Å². The standard InChI is InChI=1S/C20H26N6O4/c1-20(2,3)19-21-22-23-26(19)12-17(27)24-8-10-25(11-9-24)18(28)16-13-29-14-6-4-5-7-15(14)30-16/h4-7,16H,8-13H2,1-3H3. The number of carbonyl (C=O) groups is 2. The topological polar surface area (TPSA) is 103 Å². The molecule has 0 saturated carbocycles. The molecule has 1 aromatic carbocycles. The highest BCUT2D eigenvalue weighted by atomic mass is 16.6. The fourth-order valence-corrected chi connectivity index (χ4v) is 3.60. The van der Waals surface area contributed by atoms with E-state index in [0.717, 1.165) is 0 Å². The van der Waals surface area contributed by atoms with Crippen molar-refractivity contribution in [3.05, 3.63) is 30.1 Å². The average Bonchev–Trinajstić information content (AvgIpc) is 3.21. The summed E-state index contributed by atoms with van der Waals surface area (Å²) < 4.78 is 13.0. The second-order valence-corrected chi connectivity index (χ2v) is 8.48. The average molecular weight is 414 g/mol. The van der Waals surface area contributed by atoms with Gasteiger partial charge in [0.15, 0.2) is 17.3 Å². The van der Waals surface area contributed by atoms with E-state index in [0.29, 0.717) is 43.5 Å². The van der Waals surface area contributed by atoms with Gasteiger partial charge < -0.3 is 19.3 Å². The third-order valence-electron chi connectivity index (χ3n) is 5.22. The van der Waals surface area contributed by atoms with Gasteiger partial charge in [-0.1, -0.05) is 32.9 Å². The number of aromatic nitrogens is 4. The van der Waals surface area contributed by atoms with E-state index in [1.54, 1.807) is 20.5 Å². The van der Waals surface area contributed by atoms with Crippen molar-refractivity contribution in [1.29, 1.82) is 0 Å². The number of benzene rings is 1. The van der Waals surface area contributed by atoms with Gasteiger partial charge >= 0.3 is 0 Å². The fraction of sp³-hybridized carbons (Fsp3) is 0.550. The lowest BCUT2D eigenvalue weighted by Gasteiger charge is -2.37. The summed E-state index contributed by atoms with van der Waals surface area (Å²) in [5.41, 5.74) is -0.254. The molecule has 1 aromatic heterocycles. The monoisotopic (exact) mass is 414 g/mol. The second-order valence-electron chi connectivity index (χ2n) is 8.48. The first kappa shape index (κ1) is 20.1. The van der Waals surface area contributed by atoms with E-state index in [4.69, 9.17) is 9.47 Å². The van der Waals surface area contributed by atoms with Gasteiger partial charge in [0.1, 0.15) is 13.2 Å². The summed E-state index contributed by atoms with van der Waals surface area (Å²) in [4.78, 5) is 29.0. The highest BCUT2D eigenvalue weighted by Gasteiger charge is 2.33. The van der Waals surface area contributed by atoms with Gasteiger partial charge in [0.05, 0.1) is 0 Å². The molecule has 1 fully saturated rings. The number of rotatable bonds is 3. The van der Waals surface area contributed by atoms with E-state index in [1.807, 2.05) is 39.0 Å². The highest BCUT2D eigenvalue weighted by molar-refractivity contribution is 5.82. The van der Waals surface area contributed by atoms with Gasteiger partial charge in [0.25, 0.3) is 5.91 Å². The number of piperazine rings is 1. The summed E-state index contributed by atoms with van der Waals surface area (Å²) in [6.45, 7) is 8.09. The summed E-state index contributed by atoms with van der Waals surface area (Å²) in [6, 6.07) is 7.31. The van der Waals surface area contributed by atoms with Crippen LogP contribution >= 0.6 is 0 Å². The van der Waals surface area contributed by atoms with Crippen molar-refractivity contribution >= 4 is 11.8 Å². The van der Waals surface area contributed by atoms with Gasteiger partial charge in [0, 0.05) is 31.6 Å². The minimum absolute atomic E-state index is 0.0638. The van der Waals surface area contributed by atoms with E-state index >= 15 is 0 Å². The molecule has 3 heterocycles. The Kier molecular flexibility index (Phi) is 5.31. The molecule has 0 bridgehead atoms. The van der Waals surface area contributed by atoms with Crippen LogP contribution in [0.3, 0.4) is 0 Å². The number of para-hydroxylation sites is 2. The van der Waals surface area contributed by atoms with Crippen LogP contribution in [0.1, 0.15) is 26.6 Å². The van der Waals surface area contributed by atoms with Crippen LogP contribution in [0.25, 0.3) is 0 Å². The molecule has 0 radical (unpaired) electrons. The number of carbonyl (C=O) groups excluding carboxylic acids is 2. The molecule has 0 spiro atoms.